The second-order valence-electron chi connectivity index (χ2n) is 3.40. The molecule has 0 saturated carbocycles. The number of carbonyl (C=O) groups is 2. The van der Waals surface area contributed by atoms with E-state index in [0.29, 0.717) is 18.7 Å². The molecule has 0 aromatic carbocycles. The summed E-state index contributed by atoms with van der Waals surface area (Å²) in [6, 6.07) is 0. The summed E-state index contributed by atoms with van der Waals surface area (Å²) in [6.45, 7) is 4.51. The molecule has 0 aromatic rings. The molecule has 0 unspecified atom stereocenters. The molecule has 1 amide bonds. The number of amides is 1. The van der Waals surface area contributed by atoms with Gasteiger partial charge in [-0.1, -0.05) is 6.08 Å². The second-order valence-corrected chi connectivity index (χ2v) is 3.40. The lowest BCUT2D eigenvalue weighted by molar-refractivity contribution is -0.138. The van der Waals surface area contributed by atoms with Gasteiger partial charge in [0.1, 0.15) is 0 Å². The number of carboxylic acids is 1. The molecular weight excluding hydrogens is 210 g/mol. The molecule has 0 aliphatic carbocycles. The number of carboxylic acid groups (broad SMARTS) is 1. The van der Waals surface area contributed by atoms with Gasteiger partial charge in [0.15, 0.2) is 0 Å². The number of hydrogen-bond donors (Lipinski definition) is 1. The van der Waals surface area contributed by atoms with Gasteiger partial charge in [-0.25, -0.2) is 0 Å². The van der Waals surface area contributed by atoms with Gasteiger partial charge in [-0.3, -0.25) is 9.59 Å². The van der Waals surface area contributed by atoms with Gasteiger partial charge in [0.25, 0.3) is 0 Å². The Kier molecular flexibility index (Phi) is 7.20. The molecule has 1 N–H and O–H groups in total. The number of ether oxygens (including phenoxy) is 1. The summed E-state index contributed by atoms with van der Waals surface area (Å²) in [7, 11) is 1.54. The van der Waals surface area contributed by atoms with E-state index in [4.69, 9.17) is 9.84 Å². The van der Waals surface area contributed by atoms with Crippen molar-refractivity contribution in [1.82, 2.24) is 4.90 Å². The van der Waals surface area contributed by atoms with Gasteiger partial charge >= 0.3 is 5.97 Å². The summed E-state index contributed by atoms with van der Waals surface area (Å²) in [4.78, 5) is 23.8. The van der Waals surface area contributed by atoms with Crippen LogP contribution in [0, 0.1) is 0 Å². The summed E-state index contributed by atoms with van der Waals surface area (Å²) < 4.78 is 4.88. The van der Waals surface area contributed by atoms with Crippen LogP contribution >= 0.6 is 0 Å². The van der Waals surface area contributed by atoms with Crippen molar-refractivity contribution < 1.29 is 19.4 Å². The van der Waals surface area contributed by atoms with E-state index in [-0.39, 0.29) is 18.9 Å². The van der Waals surface area contributed by atoms with Crippen LogP contribution in [0.1, 0.15) is 20.3 Å². The summed E-state index contributed by atoms with van der Waals surface area (Å²) >= 11 is 0. The topological polar surface area (TPSA) is 66.8 Å². The van der Waals surface area contributed by atoms with Gasteiger partial charge in [0.2, 0.25) is 5.91 Å². The third-order valence-electron chi connectivity index (χ3n) is 2.22. The predicted octanol–water partition coefficient (Wildman–Crippen LogP) is 0.902. The zero-order valence-corrected chi connectivity index (χ0v) is 10.0. The molecule has 0 fully saturated rings. The lowest BCUT2D eigenvalue weighted by atomic mass is 10.2. The molecule has 0 heterocycles. The van der Waals surface area contributed by atoms with Crippen LogP contribution in [0.4, 0.5) is 0 Å². The molecule has 0 bridgehead atoms. The van der Waals surface area contributed by atoms with E-state index in [9.17, 15) is 9.59 Å². The van der Waals surface area contributed by atoms with Crippen LogP contribution in [0.3, 0.4) is 0 Å². The second kappa shape index (κ2) is 7.87. The van der Waals surface area contributed by atoms with Crippen molar-refractivity contribution in [3.8, 4) is 0 Å². The summed E-state index contributed by atoms with van der Waals surface area (Å²) in [6.07, 6.45) is 1.66. The third-order valence-corrected chi connectivity index (χ3v) is 2.22. The highest BCUT2D eigenvalue weighted by Gasteiger charge is 2.15. The van der Waals surface area contributed by atoms with E-state index < -0.39 is 5.97 Å². The highest BCUT2D eigenvalue weighted by Crippen LogP contribution is 2.02. The van der Waals surface area contributed by atoms with Crippen molar-refractivity contribution in [2.45, 2.75) is 20.3 Å². The first-order valence-electron chi connectivity index (χ1n) is 5.15. The van der Waals surface area contributed by atoms with E-state index >= 15 is 0 Å². The number of methoxy groups -OCH3 is 1. The number of rotatable bonds is 7. The monoisotopic (exact) mass is 229 g/mol. The summed E-state index contributed by atoms with van der Waals surface area (Å²) in [5, 5.41) is 8.58. The van der Waals surface area contributed by atoms with E-state index in [2.05, 4.69) is 0 Å². The van der Waals surface area contributed by atoms with Gasteiger partial charge in [0, 0.05) is 25.8 Å². The molecule has 92 valence electrons. The molecule has 0 radical (unpaired) electrons. The largest absolute Gasteiger partial charge is 0.481 e. The van der Waals surface area contributed by atoms with Crippen molar-refractivity contribution in [2.75, 3.05) is 26.8 Å². The van der Waals surface area contributed by atoms with E-state index in [1.807, 2.05) is 0 Å². The van der Waals surface area contributed by atoms with Gasteiger partial charge in [-0.05, 0) is 13.8 Å². The number of nitrogens with zero attached hydrogens (tertiary/aromatic N) is 1. The first-order valence-corrected chi connectivity index (χ1v) is 5.15. The number of carbonyl (C=O) groups excluding carboxylic acids is 1. The van der Waals surface area contributed by atoms with Crippen LogP contribution in [0.5, 0.6) is 0 Å². The Labute approximate surface area is 95.7 Å². The first-order chi connectivity index (χ1) is 7.52. The van der Waals surface area contributed by atoms with Gasteiger partial charge in [0.05, 0.1) is 13.0 Å². The van der Waals surface area contributed by atoms with E-state index in [1.54, 1.807) is 27.0 Å². The molecule has 5 heteroatoms. The van der Waals surface area contributed by atoms with Crippen molar-refractivity contribution in [1.29, 1.82) is 0 Å². The lowest BCUT2D eigenvalue weighted by Gasteiger charge is -2.21. The molecule has 0 saturated heterocycles. The molecule has 0 rings (SSSR count). The van der Waals surface area contributed by atoms with Crippen molar-refractivity contribution in [3.63, 3.8) is 0 Å². The highest BCUT2D eigenvalue weighted by atomic mass is 16.5. The smallest absolute Gasteiger partial charge is 0.305 e. The summed E-state index contributed by atoms with van der Waals surface area (Å²) in [5.41, 5.74) is 0.612. The van der Waals surface area contributed by atoms with E-state index in [1.165, 1.54) is 4.90 Å². The Morgan fingerprint density at radius 2 is 2.00 bits per heavy atom. The van der Waals surface area contributed by atoms with Crippen LogP contribution in [0.25, 0.3) is 0 Å². The standard InChI is InChI=1S/C11H19NO4/c1-4-9(2)11(15)12(7-8-16-3)6-5-10(13)14/h4H,5-8H2,1-3H3,(H,13,14). The maximum Gasteiger partial charge on any atom is 0.305 e. The Bertz CT molecular complexity index is 273. The maximum absolute atomic E-state index is 11.8. The molecule has 0 aromatic heterocycles. The van der Waals surface area contributed by atoms with Gasteiger partial charge in [-0.15, -0.1) is 0 Å². The first kappa shape index (κ1) is 14.6. The number of aliphatic carboxylic acids is 1. The fraction of sp³-hybridized carbons (Fsp3) is 0.636. The lowest BCUT2D eigenvalue weighted by Crippen LogP contribution is -2.36. The van der Waals surface area contributed by atoms with Crippen molar-refractivity contribution in [2.24, 2.45) is 0 Å². The van der Waals surface area contributed by atoms with Crippen LogP contribution in [0.15, 0.2) is 11.6 Å². The molecule has 0 aliphatic rings. The van der Waals surface area contributed by atoms with Crippen LogP contribution < -0.4 is 0 Å². The SMILES string of the molecule is CC=C(C)C(=O)N(CCOC)CCC(=O)O. The molecule has 16 heavy (non-hydrogen) atoms. The average Bonchev–Trinajstić information content (AvgIpc) is 2.27. The Morgan fingerprint density at radius 1 is 1.38 bits per heavy atom. The van der Waals surface area contributed by atoms with Crippen LogP contribution in [0.2, 0.25) is 0 Å². The van der Waals surface area contributed by atoms with Crippen LogP contribution in [-0.2, 0) is 14.3 Å². The Balaban J connectivity index is 4.40. The minimum Gasteiger partial charge on any atom is -0.481 e. The minimum absolute atomic E-state index is 0.0492. The fourth-order valence-electron chi connectivity index (χ4n) is 1.12. The quantitative estimate of drug-likeness (QED) is 0.659. The Morgan fingerprint density at radius 3 is 2.44 bits per heavy atom. The van der Waals surface area contributed by atoms with E-state index in [0.717, 1.165) is 0 Å². The van der Waals surface area contributed by atoms with Gasteiger partial charge in [-0.2, -0.15) is 0 Å². The zero-order chi connectivity index (χ0) is 12.6. The summed E-state index contributed by atoms with van der Waals surface area (Å²) in [5.74, 6) is -1.05. The van der Waals surface area contributed by atoms with Crippen molar-refractivity contribution >= 4 is 11.9 Å². The molecule has 0 atom stereocenters. The Hall–Kier alpha value is -1.36. The maximum atomic E-state index is 11.8. The normalized spacial score (nSPS) is 11.3. The van der Waals surface area contributed by atoms with Crippen molar-refractivity contribution in [3.05, 3.63) is 11.6 Å². The molecular formula is C11H19NO4. The molecule has 5 nitrogen and oxygen atoms in total. The molecule has 0 spiro atoms. The van der Waals surface area contributed by atoms with Gasteiger partial charge < -0.3 is 14.7 Å². The minimum atomic E-state index is -0.909. The van der Waals surface area contributed by atoms with Crippen LogP contribution in [-0.4, -0.2) is 48.7 Å². The number of allylic oxidation sites excluding steroid dienone is 1. The molecule has 0 aliphatic heterocycles. The third kappa shape index (κ3) is 5.50. The average molecular weight is 229 g/mol. The highest BCUT2D eigenvalue weighted by molar-refractivity contribution is 5.92. The fourth-order valence-corrected chi connectivity index (χ4v) is 1.12. The predicted molar refractivity (Wildman–Crippen MR) is 60.1 cm³/mol. The number of hydrogen-bond acceptors (Lipinski definition) is 3. The zero-order valence-electron chi connectivity index (χ0n) is 10.0.